The molecule has 1 aromatic carbocycles. The highest BCUT2D eigenvalue weighted by Gasteiger charge is 2.34. The smallest absolute Gasteiger partial charge is 0.0914 e. The predicted molar refractivity (Wildman–Crippen MR) is 87.9 cm³/mol. The van der Waals surface area contributed by atoms with E-state index in [2.05, 4.69) is 29.7 Å². The highest BCUT2D eigenvalue weighted by Crippen LogP contribution is 2.29. The molecule has 0 spiro atoms. The first-order valence-electron chi connectivity index (χ1n) is 8.53. The van der Waals surface area contributed by atoms with Gasteiger partial charge in [-0.05, 0) is 31.2 Å². The van der Waals surface area contributed by atoms with Gasteiger partial charge in [0.15, 0.2) is 0 Å². The van der Waals surface area contributed by atoms with Crippen molar-refractivity contribution in [2.75, 3.05) is 26.3 Å². The van der Waals surface area contributed by atoms with E-state index < -0.39 is 6.10 Å². The Morgan fingerprint density at radius 3 is 2.86 bits per heavy atom. The van der Waals surface area contributed by atoms with Crippen molar-refractivity contribution in [3.8, 4) is 0 Å². The van der Waals surface area contributed by atoms with Gasteiger partial charge in [-0.2, -0.15) is 0 Å². The molecular formula is C18H28N2O2. The van der Waals surface area contributed by atoms with Crippen molar-refractivity contribution >= 4 is 0 Å². The van der Waals surface area contributed by atoms with Crippen LogP contribution in [0.25, 0.3) is 0 Å². The van der Waals surface area contributed by atoms with Crippen molar-refractivity contribution in [2.24, 2.45) is 5.92 Å². The van der Waals surface area contributed by atoms with Crippen LogP contribution in [0.4, 0.5) is 0 Å². The molecule has 2 fully saturated rings. The largest absolute Gasteiger partial charge is 0.387 e. The monoisotopic (exact) mass is 304 g/mol. The Labute approximate surface area is 133 Å². The standard InChI is InChI=1S/C18H28N2O2/c1-13-5-7-14(8-6-13)18(21)11-20-16-4-2-3-15(16)17-12-22-10-9-19-17/h5-8,15-21H,2-4,9-12H2,1H3. The summed E-state index contributed by atoms with van der Waals surface area (Å²) in [6, 6.07) is 9.10. The van der Waals surface area contributed by atoms with Crippen LogP contribution >= 0.6 is 0 Å². The van der Waals surface area contributed by atoms with E-state index in [-0.39, 0.29) is 0 Å². The molecule has 0 amide bonds. The first kappa shape index (κ1) is 15.9. The highest BCUT2D eigenvalue weighted by molar-refractivity contribution is 5.23. The summed E-state index contributed by atoms with van der Waals surface area (Å²) in [5.74, 6) is 0.616. The number of aliphatic hydroxyl groups is 1. The van der Waals surface area contributed by atoms with Crippen LogP contribution in [0.2, 0.25) is 0 Å². The van der Waals surface area contributed by atoms with E-state index in [1.54, 1.807) is 0 Å². The zero-order valence-electron chi connectivity index (χ0n) is 13.4. The molecule has 1 heterocycles. The van der Waals surface area contributed by atoms with Gasteiger partial charge < -0.3 is 20.5 Å². The predicted octanol–water partition coefficient (Wildman–Crippen LogP) is 1.78. The van der Waals surface area contributed by atoms with Gasteiger partial charge in [-0.3, -0.25) is 0 Å². The Morgan fingerprint density at radius 1 is 1.32 bits per heavy atom. The van der Waals surface area contributed by atoms with Gasteiger partial charge in [0, 0.05) is 25.2 Å². The van der Waals surface area contributed by atoms with Gasteiger partial charge in [-0.25, -0.2) is 0 Å². The van der Waals surface area contributed by atoms with E-state index >= 15 is 0 Å². The second kappa shape index (κ2) is 7.55. The van der Waals surface area contributed by atoms with Crippen LogP contribution in [-0.2, 0) is 4.74 Å². The Bertz CT molecular complexity index is 457. The fourth-order valence-corrected chi connectivity index (χ4v) is 3.75. The van der Waals surface area contributed by atoms with Crippen LogP contribution < -0.4 is 10.6 Å². The average molecular weight is 304 g/mol. The molecule has 2 aliphatic rings. The molecule has 22 heavy (non-hydrogen) atoms. The third-order valence-electron chi connectivity index (χ3n) is 5.07. The van der Waals surface area contributed by atoms with Gasteiger partial charge in [-0.15, -0.1) is 0 Å². The number of benzene rings is 1. The molecule has 1 aliphatic heterocycles. The molecule has 1 saturated carbocycles. The molecule has 0 radical (unpaired) electrons. The number of hydrogen-bond donors (Lipinski definition) is 3. The Hall–Kier alpha value is -0.940. The molecule has 0 aromatic heterocycles. The summed E-state index contributed by atoms with van der Waals surface area (Å²) in [5.41, 5.74) is 2.22. The molecule has 1 aliphatic carbocycles. The van der Waals surface area contributed by atoms with Crippen molar-refractivity contribution in [1.29, 1.82) is 0 Å². The first-order chi connectivity index (χ1) is 10.7. The summed E-state index contributed by atoms with van der Waals surface area (Å²) >= 11 is 0. The molecule has 4 heteroatoms. The van der Waals surface area contributed by atoms with Crippen molar-refractivity contribution < 1.29 is 9.84 Å². The van der Waals surface area contributed by atoms with Gasteiger partial charge in [-0.1, -0.05) is 36.2 Å². The van der Waals surface area contributed by atoms with Crippen molar-refractivity contribution in [3.05, 3.63) is 35.4 Å². The minimum Gasteiger partial charge on any atom is -0.387 e. The average Bonchev–Trinajstić information content (AvgIpc) is 3.02. The zero-order valence-corrected chi connectivity index (χ0v) is 13.4. The lowest BCUT2D eigenvalue weighted by atomic mass is 9.93. The van der Waals surface area contributed by atoms with Gasteiger partial charge in [0.25, 0.3) is 0 Å². The van der Waals surface area contributed by atoms with E-state index in [0.717, 1.165) is 25.3 Å². The highest BCUT2D eigenvalue weighted by atomic mass is 16.5. The lowest BCUT2D eigenvalue weighted by Crippen LogP contribution is -2.51. The summed E-state index contributed by atoms with van der Waals surface area (Å²) in [4.78, 5) is 0. The third kappa shape index (κ3) is 3.87. The van der Waals surface area contributed by atoms with Crippen LogP contribution in [0.3, 0.4) is 0 Å². The molecule has 3 N–H and O–H groups in total. The summed E-state index contributed by atoms with van der Waals surface area (Å²) < 4.78 is 5.61. The van der Waals surface area contributed by atoms with E-state index in [9.17, 15) is 5.11 Å². The number of rotatable bonds is 5. The molecule has 3 rings (SSSR count). The number of nitrogens with one attached hydrogen (secondary N) is 2. The number of aryl methyl sites for hydroxylation is 1. The van der Waals surface area contributed by atoms with Crippen molar-refractivity contribution in [1.82, 2.24) is 10.6 Å². The van der Waals surface area contributed by atoms with E-state index in [1.807, 2.05) is 12.1 Å². The summed E-state index contributed by atoms with van der Waals surface area (Å²) in [6.07, 6.45) is 3.28. The Kier molecular flexibility index (Phi) is 5.47. The van der Waals surface area contributed by atoms with Crippen molar-refractivity contribution in [2.45, 2.75) is 44.4 Å². The van der Waals surface area contributed by atoms with E-state index in [4.69, 9.17) is 4.74 Å². The molecule has 0 bridgehead atoms. The molecule has 122 valence electrons. The summed E-state index contributed by atoms with van der Waals surface area (Å²) in [5, 5.41) is 17.6. The van der Waals surface area contributed by atoms with Gasteiger partial charge in [0.1, 0.15) is 0 Å². The fourth-order valence-electron chi connectivity index (χ4n) is 3.75. The normalized spacial score (nSPS) is 30.4. The van der Waals surface area contributed by atoms with Crippen LogP contribution in [0.5, 0.6) is 0 Å². The molecule has 4 nitrogen and oxygen atoms in total. The molecule has 4 unspecified atom stereocenters. The maximum Gasteiger partial charge on any atom is 0.0914 e. The lowest BCUT2D eigenvalue weighted by Gasteiger charge is -2.33. The Morgan fingerprint density at radius 2 is 2.14 bits per heavy atom. The SMILES string of the molecule is Cc1ccc(C(O)CNC2CCCC2C2COCCN2)cc1. The lowest BCUT2D eigenvalue weighted by molar-refractivity contribution is 0.0513. The molecule has 1 aromatic rings. The summed E-state index contributed by atoms with van der Waals surface area (Å²) in [6.45, 7) is 5.30. The third-order valence-corrected chi connectivity index (χ3v) is 5.07. The van der Waals surface area contributed by atoms with Crippen LogP contribution in [0, 0.1) is 12.8 Å². The van der Waals surface area contributed by atoms with Gasteiger partial charge >= 0.3 is 0 Å². The fraction of sp³-hybridized carbons (Fsp3) is 0.667. The number of ether oxygens (including phenoxy) is 1. The minimum atomic E-state index is -0.433. The second-order valence-electron chi connectivity index (χ2n) is 6.67. The first-order valence-corrected chi connectivity index (χ1v) is 8.53. The number of aliphatic hydroxyl groups excluding tert-OH is 1. The van der Waals surface area contributed by atoms with E-state index in [1.165, 1.54) is 24.8 Å². The number of hydrogen-bond acceptors (Lipinski definition) is 4. The Balaban J connectivity index is 1.52. The maximum absolute atomic E-state index is 10.4. The maximum atomic E-state index is 10.4. The second-order valence-corrected chi connectivity index (χ2v) is 6.67. The van der Waals surface area contributed by atoms with Gasteiger partial charge in [0.05, 0.1) is 19.3 Å². The van der Waals surface area contributed by atoms with Crippen LogP contribution in [0.15, 0.2) is 24.3 Å². The van der Waals surface area contributed by atoms with Crippen LogP contribution in [-0.4, -0.2) is 43.5 Å². The number of morpholine rings is 1. The topological polar surface area (TPSA) is 53.5 Å². The minimum absolute atomic E-state index is 0.433. The quantitative estimate of drug-likeness (QED) is 0.776. The molecular weight excluding hydrogens is 276 g/mol. The molecule has 1 saturated heterocycles. The van der Waals surface area contributed by atoms with E-state index in [0.29, 0.717) is 24.5 Å². The molecule has 4 atom stereocenters. The van der Waals surface area contributed by atoms with Crippen LogP contribution in [0.1, 0.15) is 36.5 Å². The summed E-state index contributed by atoms with van der Waals surface area (Å²) in [7, 11) is 0. The van der Waals surface area contributed by atoms with Crippen molar-refractivity contribution in [3.63, 3.8) is 0 Å². The zero-order chi connectivity index (χ0) is 15.4. The van der Waals surface area contributed by atoms with Gasteiger partial charge in [0.2, 0.25) is 0 Å².